The van der Waals surface area contributed by atoms with Gasteiger partial charge in [-0.15, -0.1) is 0 Å². The Morgan fingerprint density at radius 1 is 0.867 bits per heavy atom. The van der Waals surface area contributed by atoms with Gasteiger partial charge in [0.05, 0.1) is 28.7 Å². The average molecular weight is 457 g/mol. The number of ether oxygens (including phenoxy) is 2. The Labute approximate surface area is 178 Å². The predicted octanol–water partition coefficient (Wildman–Crippen LogP) is 3.15. The zero-order valence-corrected chi connectivity index (χ0v) is 19.6. The lowest BCUT2D eigenvalue weighted by atomic mass is 10.1. The lowest BCUT2D eigenvalue weighted by Gasteiger charge is -2.17. The van der Waals surface area contributed by atoms with Crippen LogP contribution >= 0.6 is 0 Å². The first-order valence-corrected chi connectivity index (χ1v) is 12.3. The second-order valence-corrected chi connectivity index (χ2v) is 10.6. The summed E-state index contributed by atoms with van der Waals surface area (Å²) >= 11 is 0. The third kappa shape index (κ3) is 5.05. The minimum absolute atomic E-state index is 0.00926. The van der Waals surface area contributed by atoms with E-state index in [1.54, 1.807) is 20.8 Å². The molecule has 1 N–H and O–H groups in total. The van der Waals surface area contributed by atoms with Gasteiger partial charge in [0, 0.05) is 20.2 Å². The summed E-state index contributed by atoms with van der Waals surface area (Å²) < 4.78 is 65.6. The van der Waals surface area contributed by atoms with Crippen LogP contribution in [-0.2, 0) is 20.0 Å². The summed E-state index contributed by atoms with van der Waals surface area (Å²) in [7, 11) is -4.88. The van der Waals surface area contributed by atoms with E-state index in [1.807, 2.05) is 6.92 Å². The topological polar surface area (TPSA) is 102 Å². The maximum Gasteiger partial charge on any atom is 0.262 e. The number of rotatable bonds is 9. The van der Waals surface area contributed by atoms with E-state index in [9.17, 15) is 16.8 Å². The summed E-state index contributed by atoms with van der Waals surface area (Å²) in [5.74, 6) is 0.767. The van der Waals surface area contributed by atoms with Crippen molar-refractivity contribution in [2.24, 2.45) is 0 Å². The second-order valence-electron chi connectivity index (χ2n) is 6.78. The molecule has 2 aromatic carbocycles. The Kier molecular flexibility index (Phi) is 7.38. The van der Waals surface area contributed by atoms with Crippen LogP contribution in [0.1, 0.15) is 25.0 Å². The SMILES string of the molecule is CCOc1ccc(S(=O)(=O)Nc2cc(S(=O)(=O)N(C)C)cc(C)c2C)cc1OCC. The zero-order valence-electron chi connectivity index (χ0n) is 18.0. The summed E-state index contributed by atoms with van der Waals surface area (Å²) in [5.41, 5.74) is 1.48. The van der Waals surface area contributed by atoms with Crippen molar-refractivity contribution in [3.8, 4) is 11.5 Å². The number of benzene rings is 2. The molecule has 2 rings (SSSR count). The Morgan fingerprint density at radius 3 is 2.03 bits per heavy atom. The number of nitrogens with one attached hydrogen (secondary N) is 1. The van der Waals surface area contributed by atoms with Crippen LogP contribution in [0.15, 0.2) is 40.1 Å². The van der Waals surface area contributed by atoms with Crippen molar-refractivity contribution >= 4 is 25.7 Å². The summed E-state index contributed by atoms with van der Waals surface area (Å²) in [6.07, 6.45) is 0. The lowest BCUT2D eigenvalue weighted by Crippen LogP contribution is -2.23. The number of nitrogens with zero attached hydrogens (tertiary/aromatic N) is 1. The number of sulfonamides is 2. The van der Waals surface area contributed by atoms with Crippen molar-refractivity contribution < 1.29 is 26.3 Å². The first kappa shape index (κ1) is 24.0. The number of hydrogen-bond donors (Lipinski definition) is 1. The molecule has 0 heterocycles. The van der Waals surface area contributed by atoms with E-state index < -0.39 is 20.0 Å². The van der Waals surface area contributed by atoms with Gasteiger partial charge < -0.3 is 9.47 Å². The van der Waals surface area contributed by atoms with Crippen LogP contribution in [0.3, 0.4) is 0 Å². The molecule has 0 aromatic heterocycles. The first-order valence-electron chi connectivity index (χ1n) is 9.40. The molecule has 10 heteroatoms. The smallest absolute Gasteiger partial charge is 0.262 e. The molecule has 0 saturated heterocycles. The van der Waals surface area contributed by atoms with Crippen LogP contribution in [-0.4, -0.2) is 48.4 Å². The standard InChI is InChI=1S/C20H28N2O6S2/c1-7-27-19-10-9-16(13-20(19)28-8-2)29(23,24)21-18-12-17(11-14(3)15(18)4)30(25,26)22(5)6/h9-13,21H,7-8H2,1-6H3. The number of anilines is 1. The normalized spacial score (nSPS) is 12.1. The maximum absolute atomic E-state index is 13.0. The highest BCUT2D eigenvalue weighted by Crippen LogP contribution is 2.32. The van der Waals surface area contributed by atoms with Crippen LogP contribution in [0.2, 0.25) is 0 Å². The molecule has 0 saturated carbocycles. The predicted molar refractivity (Wildman–Crippen MR) is 116 cm³/mol. The summed E-state index contributed by atoms with van der Waals surface area (Å²) in [6.45, 7) is 7.82. The highest BCUT2D eigenvalue weighted by atomic mass is 32.2. The Morgan fingerprint density at radius 2 is 1.47 bits per heavy atom. The van der Waals surface area contributed by atoms with E-state index in [2.05, 4.69) is 4.72 Å². The van der Waals surface area contributed by atoms with Gasteiger partial charge in [0.15, 0.2) is 11.5 Å². The van der Waals surface area contributed by atoms with Crippen LogP contribution in [0.25, 0.3) is 0 Å². The van der Waals surface area contributed by atoms with Gasteiger partial charge >= 0.3 is 0 Å². The molecule has 0 atom stereocenters. The van der Waals surface area contributed by atoms with E-state index in [4.69, 9.17) is 9.47 Å². The van der Waals surface area contributed by atoms with E-state index in [0.717, 1.165) is 4.31 Å². The molecular weight excluding hydrogens is 428 g/mol. The molecular formula is C20H28N2O6S2. The van der Waals surface area contributed by atoms with Crippen LogP contribution in [0, 0.1) is 13.8 Å². The van der Waals surface area contributed by atoms with Gasteiger partial charge in [-0.25, -0.2) is 21.1 Å². The van der Waals surface area contributed by atoms with Crippen molar-refractivity contribution in [3.05, 3.63) is 41.5 Å². The van der Waals surface area contributed by atoms with Gasteiger partial charge in [0.1, 0.15) is 0 Å². The third-order valence-corrected chi connectivity index (χ3v) is 7.64. The largest absolute Gasteiger partial charge is 0.490 e. The Hall–Kier alpha value is -2.30. The zero-order chi connectivity index (χ0) is 22.7. The number of aryl methyl sites for hydroxylation is 1. The molecule has 0 aliphatic rings. The fourth-order valence-corrected chi connectivity index (χ4v) is 4.84. The monoisotopic (exact) mass is 456 g/mol. The fraction of sp³-hybridized carbons (Fsp3) is 0.400. The minimum Gasteiger partial charge on any atom is -0.490 e. The van der Waals surface area contributed by atoms with Crippen molar-refractivity contribution in [2.75, 3.05) is 32.0 Å². The van der Waals surface area contributed by atoms with Crippen LogP contribution in [0.5, 0.6) is 11.5 Å². The molecule has 0 radical (unpaired) electrons. The fourth-order valence-electron chi connectivity index (χ4n) is 2.69. The molecule has 166 valence electrons. The molecule has 0 fully saturated rings. The highest BCUT2D eigenvalue weighted by Gasteiger charge is 2.23. The minimum atomic E-state index is -4.00. The van der Waals surface area contributed by atoms with Gasteiger partial charge in [-0.05, 0) is 63.1 Å². The Balaban J connectivity index is 2.51. The van der Waals surface area contributed by atoms with Crippen molar-refractivity contribution in [3.63, 3.8) is 0 Å². The molecule has 0 amide bonds. The average Bonchev–Trinajstić information content (AvgIpc) is 2.66. The Bertz CT molecular complexity index is 1130. The summed E-state index contributed by atoms with van der Waals surface area (Å²) in [6, 6.07) is 7.19. The summed E-state index contributed by atoms with van der Waals surface area (Å²) in [5, 5.41) is 0. The molecule has 0 bridgehead atoms. The maximum atomic E-state index is 13.0. The van der Waals surface area contributed by atoms with Crippen LogP contribution < -0.4 is 14.2 Å². The van der Waals surface area contributed by atoms with Gasteiger partial charge in [-0.3, -0.25) is 4.72 Å². The quantitative estimate of drug-likeness (QED) is 0.622. The molecule has 30 heavy (non-hydrogen) atoms. The molecule has 0 aliphatic carbocycles. The van der Waals surface area contributed by atoms with E-state index in [1.165, 1.54) is 44.4 Å². The third-order valence-electron chi connectivity index (χ3n) is 4.49. The van der Waals surface area contributed by atoms with Gasteiger partial charge in [-0.2, -0.15) is 0 Å². The van der Waals surface area contributed by atoms with E-state index in [0.29, 0.717) is 35.8 Å². The second kappa shape index (κ2) is 9.23. The molecule has 0 spiro atoms. The van der Waals surface area contributed by atoms with Gasteiger partial charge in [-0.1, -0.05) is 0 Å². The van der Waals surface area contributed by atoms with Crippen LogP contribution in [0.4, 0.5) is 5.69 Å². The van der Waals surface area contributed by atoms with Gasteiger partial charge in [0.2, 0.25) is 10.0 Å². The highest BCUT2D eigenvalue weighted by molar-refractivity contribution is 7.92. The number of hydrogen-bond acceptors (Lipinski definition) is 6. The lowest BCUT2D eigenvalue weighted by molar-refractivity contribution is 0.287. The molecule has 2 aromatic rings. The van der Waals surface area contributed by atoms with E-state index in [-0.39, 0.29) is 15.5 Å². The molecule has 0 unspecified atom stereocenters. The van der Waals surface area contributed by atoms with Crippen molar-refractivity contribution in [1.29, 1.82) is 0 Å². The van der Waals surface area contributed by atoms with Crippen molar-refractivity contribution in [1.82, 2.24) is 4.31 Å². The molecule has 0 aliphatic heterocycles. The first-order chi connectivity index (χ1) is 13.9. The van der Waals surface area contributed by atoms with Crippen molar-refractivity contribution in [2.45, 2.75) is 37.5 Å². The van der Waals surface area contributed by atoms with Gasteiger partial charge in [0.25, 0.3) is 10.0 Å². The van der Waals surface area contributed by atoms with E-state index >= 15 is 0 Å². The summed E-state index contributed by atoms with van der Waals surface area (Å²) in [4.78, 5) is -0.0117. The molecule has 8 nitrogen and oxygen atoms in total.